The van der Waals surface area contributed by atoms with E-state index in [1.54, 1.807) is 12.1 Å². The molecule has 1 unspecified atom stereocenters. The van der Waals surface area contributed by atoms with Gasteiger partial charge in [-0.1, -0.05) is 11.6 Å². The van der Waals surface area contributed by atoms with Gasteiger partial charge in [-0.05, 0) is 48.2 Å². The highest BCUT2D eigenvalue weighted by molar-refractivity contribution is 7.14. The van der Waals surface area contributed by atoms with Crippen LogP contribution in [0.2, 0.25) is 4.34 Å². The maximum atomic E-state index is 10.6. The molecule has 0 aliphatic heterocycles. The molecule has 2 aromatic rings. The maximum absolute atomic E-state index is 10.6. The SMILES string of the molecule is CC(Nc1ccc(OCC(N)=O)cc1)c1csc(Cl)c1. The highest BCUT2D eigenvalue weighted by atomic mass is 35.5. The van der Waals surface area contributed by atoms with Crippen molar-refractivity contribution in [2.24, 2.45) is 5.73 Å². The molecule has 1 aromatic heterocycles. The van der Waals surface area contributed by atoms with E-state index in [1.165, 1.54) is 11.3 Å². The van der Waals surface area contributed by atoms with Gasteiger partial charge in [0.15, 0.2) is 6.61 Å². The zero-order valence-electron chi connectivity index (χ0n) is 10.9. The Kier molecular flexibility index (Phi) is 4.87. The fraction of sp³-hybridized carbons (Fsp3) is 0.214. The molecule has 0 aliphatic carbocycles. The minimum atomic E-state index is -0.491. The third-order valence-electron chi connectivity index (χ3n) is 2.71. The predicted octanol–water partition coefficient (Wildman–Crippen LogP) is 3.44. The Morgan fingerprint density at radius 3 is 2.70 bits per heavy atom. The fourth-order valence-electron chi connectivity index (χ4n) is 1.69. The van der Waals surface area contributed by atoms with Crippen LogP contribution < -0.4 is 15.8 Å². The maximum Gasteiger partial charge on any atom is 0.255 e. The first-order chi connectivity index (χ1) is 9.54. The third kappa shape index (κ3) is 4.15. The molecule has 0 fully saturated rings. The van der Waals surface area contributed by atoms with E-state index in [1.807, 2.05) is 23.6 Å². The van der Waals surface area contributed by atoms with Crippen LogP contribution in [0.15, 0.2) is 35.7 Å². The van der Waals surface area contributed by atoms with E-state index in [-0.39, 0.29) is 12.6 Å². The van der Waals surface area contributed by atoms with E-state index >= 15 is 0 Å². The number of anilines is 1. The van der Waals surface area contributed by atoms with E-state index in [4.69, 9.17) is 22.1 Å². The molecule has 3 N–H and O–H groups in total. The fourth-order valence-corrected chi connectivity index (χ4v) is 2.67. The molecular weight excluding hydrogens is 296 g/mol. The second-order valence-electron chi connectivity index (χ2n) is 4.33. The Bertz CT molecular complexity index is 583. The highest BCUT2D eigenvalue weighted by Gasteiger charge is 2.07. The number of carbonyl (C=O) groups excluding carboxylic acids is 1. The molecular formula is C14H15ClN2O2S. The molecule has 0 aliphatic rings. The van der Waals surface area contributed by atoms with Gasteiger partial charge in [0.05, 0.1) is 4.34 Å². The van der Waals surface area contributed by atoms with Gasteiger partial charge in [-0.15, -0.1) is 11.3 Å². The van der Waals surface area contributed by atoms with Gasteiger partial charge in [0, 0.05) is 11.7 Å². The Labute approximate surface area is 126 Å². The number of amides is 1. The Morgan fingerprint density at radius 2 is 2.15 bits per heavy atom. The first-order valence-electron chi connectivity index (χ1n) is 6.06. The Hall–Kier alpha value is -1.72. The van der Waals surface area contributed by atoms with Crippen LogP contribution in [0.3, 0.4) is 0 Å². The molecule has 106 valence electrons. The monoisotopic (exact) mass is 310 g/mol. The Morgan fingerprint density at radius 1 is 1.45 bits per heavy atom. The number of ether oxygens (including phenoxy) is 1. The van der Waals surface area contributed by atoms with Gasteiger partial charge in [-0.25, -0.2) is 0 Å². The lowest BCUT2D eigenvalue weighted by Gasteiger charge is -2.14. The topological polar surface area (TPSA) is 64.3 Å². The van der Waals surface area contributed by atoms with E-state index in [9.17, 15) is 4.79 Å². The Balaban J connectivity index is 1.94. The summed E-state index contributed by atoms with van der Waals surface area (Å²) in [5, 5.41) is 5.40. The summed E-state index contributed by atoms with van der Waals surface area (Å²) in [4.78, 5) is 10.6. The number of carbonyl (C=O) groups is 1. The number of hydrogen-bond acceptors (Lipinski definition) is 4. The summed E-state index contributed by atoms with van der Waals surface area (Å²) in [6, 6.07) is 9.48. The molecule has 0 spiro atoms. The summed E-state index contributed by atoms with van der Waals surface area (Å²) in [7, 11) is 0. The molecule has 20 heavy (non-hydrogen) atoms. The number of nitrogens with two attached hydrogens (primary N) is 1. The van der Waals surface area contributed by atoms with Crippen molar-refractivity contribution in [3.05, 3.63) is 45.6 Å². The smallest absolute Gasteiger partial charge is 0.255 e. The first kappa shape index (κ1) is 14.7. The van der Waals surface area contributed by atoms with E-state index in [0.717, 1.165) is 15.6 Å². The molecule has 1 atom stereocenters. The average molecular weight is 311 g/mol. The summed E-state index contributed by atoms with van der Waals surface area (Å²) in [5.41, 5.74) is 7.13. The minimum absolute atomic E-state index is 0.115. The van der Waals surface area contributed by atoms with Gasteiger partial charge in [0.25, 0.3) is 5.91 Å². The zero-order chi connectivity index (χ0) is 14.5. The summed E-state index contributed by atoms with van der Waals surface area (Å²) in [5.74, 6) is 0.121. The van der Waals surface area contributed by atoms with Crippen molar-refractivity contribution in [1.29, 1.82) is 0 Å². The molecule has 0 saturated heterocycles. The predicted molar refractivity (Wildman–Crippen MR) is 82.5 cm³/mol. The summed E-state index contributed by atoms with van der Waals surface area (Å²) in [6.07, 6.45) is 0. The normalized spacial score (nSPS) is 11.9. The lowest BCUT2D eigenvalue weighted by Crippen LogP contribution is -2.19. The number of primary amides is 1. The van der Waals surface area contributed by atoms with Crippen molar-refractivity contribution in [3.8, 4) is 5.75 Å². The lowest BCUT2D eigenvalue weighted by atomic mass is 10.1. The quantitative estimate of drug-likeness (QED) is 0.859. The highest BCUT2D eigenvalue weighted by Crippen LogP contribution is 2.27. The van der Waals surface area contributed by atoms with Gasteiger partial charge in [-0.3, -0.25) is 4.79 Å². The second kappa shape index (κ2) is 6.63. The van der Waals surface area contributed by atoms with E-state index in [2.05, 4.69) is 12.2 Å². The van der Waals surface area contributed by atoms with Crippen LogP contribution >= 0.6 is 22.9 Å². The van der Waals surface area contributed by atoms with Crippen LogP contribution in [0, 0.1) is 0 Å². The summed E-state index contributed by atoms with van der Waals surface area (Å²) in [6.45, 7) is 1.95. The van der Waals surface area contributed by atoms with Crippen LogP contribution in [0.5, 0.6) is 5.75 Å². The molecule has 6 heteroatoms. The molecule has 1 heterocycles. The number of thiophene rings is 1. The molecule has 0 radical (unpaired) electrons. The average Bonchev–Trinajstić information content (AvgIpc) is 2.85. The number of halogens is 1. The number of hydrogen-bond donors (Lipinski definition) is 2. The van der Waals surface area contributed by atoms with Gasteiger partial charge in [-0.2, -0.15) is 0 Å². The van der Waals surface area contributed by atoms with Gasteiger partial charge in [0.2, 0.25) is 0 Å². The van der Waals surface area contributed by atoms with Crippen molar-refractivity contribution in [1.82, 2.24) is 0 Å². The van der Waals surface area contributed by atoms with Crippen LogP contribution in [0.25, 0.3) is 0 Å². The molecule has 1 aromatic carbocycles. The van der Waals surface area contributed by atoms with Crippen molar-refractivity contribution in [2.75, 3.05) is 11.9 Å². The summed E-state index contributed by atoms with van der Waals surface area (Å²) < 4.78 is 5.98. The van der Waals surface area contributed by atoms with Crippen molar-refractivity contribution in [2.45, 2.75) is 13.0 Å². The standard InChI is InChI=1S/C14H15ClN2O2S/c1-9(10-6-13(15)20-8-10)17-11-2-4-12(5-3-11)19-7-14(16)18/h2-6,8-9,17H,7H2,1H3,(H2,16,18). The van der Waals surface area contributed by atoms with Crippen LogP contribution in [0.4, 0.5) is 5.69 Å². The number of benzene rings is 1. The molecule has 0 saturated carbocycles. The largest absolute Gasteiger partial charge is 0.484 e. The van der Waals surface area contributed by atoms with Crippen molar-refractivity contribution >= 4 is 34.5 Å². The van der Waals surface area contributed by atoms with Crippen LogP contribution in [-0.2, 0) is 4.79 Å². The van der Waals surface area contributed by atoms with Crippen LogP contribution in [0.1, 0.15) is 18.5 Å². The minimum Gasteiger partial charge on any atom is -0.484 e. The number of nitrogens with one attached hydrogen (secondary N) is 1. The lowest BCUT2D eigenvalue weighted by molar-refractivity contribution is -0.119. The second-order valence-corrected chi connectivity index (χ2v) is 5.87. The summed E-state index contributed by atoms with van der Waals surface area (Å²) >= 11 is 7.44. The molecule has 0 bridgehead atoms. The van der Waals surface area contributed by atoms with E-state index < -0.39 is 5.91 Å². The van der Waals surface area contributed by atoms with Gasteiger partial charge < -0.3 is 15.8 Å². The van der Waals surface area contributed by atoms with Crippen LogP contribution in [-0.4, -0.2) is 12.5 Å². The number of rotatable bonds is 6. The first-order valence-corrected chi connectivity index (χ1v) is 7.32. The van der Waals surface area contributed by atoms with Crippen molar-refractivity contribution in [3.63, 3.8) is 0 Å². The zero-order valence-corrected chi connectivity index (χ0v) is 12.5. The molecule has 2 rings (SSSR count). The molecule has 1 amide bonds. The van der Waals surface area contributed by atoms with Crippen molar-refractivity contribution < 1.29 is 9.53 Å². The third-order valence-corrected chi connectivity index (χ3v) is 3.82. The van der Waals surface area contributed by atoms with Gasteiger partial charge >= 0.3 is 0 Å². The van der Waals surface area contributed by atoms with E-state index in [0.29, 0.717) is 5.75 Å². The molecule has 4 nitrogen and oxygen atoms in total. The van der Waals surface area contributed by atoms with Gasteiger partial charge in [0.1, 0.15) is 5.75 Å².